The first-order valence-corrected chi connectivity index (χ1v) is 7.47. The van der Waals surface area contributed by atoms with E-state index >= 15 is 0 Å². The topological polar surface area (TPSA) is 0 Å². The van der Waals surface area contributed by atoms with Gasteiger partial charge in [-0.05, 0) is 50.2 Å². The smallest absolute Gasteiger partial charge is 0.124 e. The van der Waals surface area contributed by atoms with E-state index < -0.39 is 0 Å². The molecule has 4 heteroatoms. The molecule has 0 N–H and O–H groups in total. The van der Waals surface area contributed by atoms with Crippen molar-refractivity contribution in [3.63, 3.8) is 0 Å². The van der Waals surface area contributed by atoms with Crippen LogP contribution in [0.25, 0.3) is 0 Å². The quantitative estimate of drug-likeness (QED) is 0.533. The summed E-state index contributed by atoms with van der Waals surface area (Å²) in [5.41, 5.74) is 0. The number of benzene rings is 2. The van der Waals surface area contributed by atoms with Gasteiger partial charge in [-0.15, -0.1) is 23.5 Å². The summed E-state index contributed by atoms with van der Waals surface area (Å²) in [4.78, 5) is 1.74. The van der Waals surface area contributed by atoms with E-state index in [2.05, 4.69) is 0 Å². The summed E-state index contributed by atoms with van der Waals surface area (Å²) >= 11 is 3.12. The van der Waals surface area contributed by atoms with E-state index in [1.54, 1.807) is 35.7 Å². The Labute approximate surface area is 120 Å². The Balaban J connectivity index is 2.10. The number of halogens is 2. The lowest BCUT2D eigenvalue weighted by Crippen LogP contribution is -2.08. The second kappa shape index (κ2) is 5.97. The highest BCUT2D eigenvalue weighted by molar-refractivity contribution is 8.18. The highest BCUT2D eigenvalue weighted by atomic mass is 32.2. The minimum absolute atomic E-state index is 0.207. The first kappa shape index (κ1) is 14.4. The van der Waals surface area contributed by atoms with Crippen molar-refractivity contribution >= 4 is 23.5 Å². The lowest BCUT2D eigenvalue weighted by atomic mass is 10.3. The highest BCUT2D eigenvalue weighted by Gasteiger charge is 2.21. The van der Waals surface area contributed by atoms with Crippen LogP contribution in [0, 0.1) is 11.6 Å². The molecule has 2 aromatic carbocycles. The van der Waals surface area contributed by atoms with Crippen molar-refractivity contribution in [2.45, 2.75) is 27.7 Å². The van der Waals surface area contributed by atoms with Crippen molar-refractivity contribution in [1.29, 1.82) is 0 Å². The van der Waals surface area contributed by atoms with Gasteiger partial charge >= 0.3 is 0 Å². The fourth-order valence-electron chi connectivity index (χ4n) is 1.65. The number of hydrogen-bond acceptors (Lipinski definition) is 2. The third-order valence-corrected chi connectivity index (χ3v) is 4.78. The number of hydrogen-bond donors (Lipinski definition) is 0. The van der Waals surface area contributed by atoms with Crippen molar-refractivity contribution < 1.29 is 8.78 Å². The van der Waals surface area contributed by atoms with Crippen LogP contribution in [-0.4, -0.2) is 4.08 Å². The van der Waals surface area contributed by atoms with E-state index in [1.165, 1.54) is 24.3 Å². The molecule has 0 nitrogen and oxygen atoms in total. The molecule has 0 heterocycles. The largest absolute Gasteiger partial charge is 0.207 e. The minimum Gasteiger partial charge on any atom is -0.207 e. The zero-order valence-electron chi connectivity index (χ0n) is 10.7. The molecule has 2 rings (SSSR count). The van der Waals surface area contributed by atoms with Crippen LogP contribution in [0.15, 0.2) is 58.3 Å². The number of thioether (sulfide) groups is 2. The molecule has 0 saturated heterocycles. The first-order chi connectivity index (χ1) is 8.94. The third-order valence-electron chi connectivity index (χ3n) is 2.32. The Kier molecular flexibility index (Phi) is 4.53. The van der Waals surface area contributed by atoms with Gasteiger partial charge in [-0.1, -0.05) is 12.1 Å². The van der Waals surface area contributed by atoms with E-state index in [0.717, 1.165) is 9.79 Å². The van der Waals surface area contributed by atoms with Gasteiger partial charge in [-0.25, -0.2) is 8.78 Å². The average molecular weight is 296 g/mol. The summed E-state index contributed by atoms with van der Waals surface area (Å²) in [6.07, 6.45) is 0. The summed E-state index contributed by atoms with van der Waals surface area (Å²) in [6.45, 7) is 4.08. The molecular formula is C15H14F2S2. The Hall–Kier alpha value is -1.00. The summed E-state index contributed by atoms with van der Waals surface area (Å²) in [5, 5.41) is 0. The molecule has 0 amide bonds. The van der Waals surface area contributed by atoms with Gasteiger partial charge in [0.2, 0.25) is 0 Å². The molecule has 2 aromatic rings. The van der Waals surface area contributed by atoms with Gasteiger partial charge in [-0.2, -0.15) is 0 Å². The lowest BCUT2D eigenvalue weighted by Gasteiger charge is -2.23. The lowest BCUT2D eigenvalue weighted by molar-refractivity contribution is 0.624. The molecule has 100 valence electrons. The van der Waals surface area contributed by atoms with Crippen LogP contribution in [0.2, 0.25) is 0 Å². The molecule has 0 fully saturated rings. The zero-order chi connectivity index (χ0) is 13.9. The zero-order valence-corrected chi connectivity index (χ0v) is 12.3. The van der Waals surface area contributed by atoms with Gasteiger partial charge in [-0.3, -0.25) is 0 Å². The Bertz CT molecular complexity index is 518. The van der Waals surface area contributed by atoms with Gasteiger partial charge < -0.3 is 0 Å². The Morgan fingerprint density at radius 3 is 1.58 bits per heavy atom. The fraction of sp³-hybridized carbons (Fsp3) is 0.200. The van der Waals surface area contributed by atoms with Crippen LogP contribution in [0.1, 0.15) is 13.8 Å². The number of rotatable bonds is 4. The maximum Gasteiger partial charge on any atom is 0.124 e. The van der Waals surface area contributed by atoms with Crippen LogP contribution < -0.4 is 0 Å². The molecule has 19 heavy (non-hydrogen) atoms. The maximum atomic E-state index is 13.2. The molecule has 0 aromatic heterocycles. The monoisotopic (exact) mass is 296 g/mol. The van der Waals surface area contributed by atoms with Crippen molar-refractivity contribution in [3.8, 4) is 0 Å². The summed E-state index contributed by atoms with van der Waals surface area (Å²) in [6, 6.07) is 13.0. The van der Waals surface area contributed by atoms with E-state index in [1.807, 2.05) is 26.0 Å². The van der Waals surface area contributed by atoms with Gasteiger partial charge in [0.1, 0.15) is 11.6 Å². The molecule has 0 radical (unpaired) electrons. The van der Waals surface area contributed by atoms with E-state index in [0.29, 0.717) is 0 Å². The van der Waals surface area contributed by atoms with Gasteiger partial charge in [0, 0.05) is 9.79 Å². The molecule has 0 saturated carbocycles. The van der Waals surface area contributed by atoms with Crippen molar-refractivity contribution in [2.24, 2.45) is 0 Å². The third kappa shape index (κ3) is 4.55. The van der Waals surface area contributed by atoms with E-state index in [9.17, 15) is 8.78 Å². The van der Waals surface area contributed by atoms with Gasteiger partial charge in [0.15, 0.2) is 0 Å². The minimum atomic E-state index is -0.239. The standard InChI is InChI=1S/C15H14F2S2/c1-15(2,18-13-7-3-5-11(16)9-13)19-14-8-4-6-12(17)10-14/h3-10H,1-2H3. The average Bonchev–Trinajstić information content (AvgIpc) is 2.27. The van der Waals surface area contributed by atoms with Crippen molar-refractivity contribution in [3.05, 3.63) is 60.2 Å². The predicted molar refractivity (Wildman–Crippen MR) is 78.6 cm³/mol. The van der Waals surface area contributed by atoms with E-state index in [4.69, 9.17) is 0 Å². The second-order valence-electron chi connectivity index (χ2n) is 4.52. The van der Waals surface area contributed by atoms with Crippen molar-refractivity contribution in [1.82, 2.24) is 0 Å². The SMILES string of the molecule is CC(C)(Sc1cccc(F)c1)Sc1cccc(F)c1. The van der Waals surface area contributed by atoms with Crippen LogP contribution in [0.5, 0.6) is 0 Å². The molecule has 0 bridgehead atoms. The normalized spacial score (nSPS) is 11.6. The first-order valence-electron chi connectivity index (χ1n) is 5.84. The molecule has 0 spiro atoms. The summed E-state index contributed by atoms with van der Waals surface area (Å²) in [5.74, 6) is -0.479. The Morgan fingerprint density at radius 1 is 0.789 bits per heavy atom. The predicted octanol–water partition coefficient (Wildman–Crippen LogP) is 5.59. The highest BCUT2D eigenvalue weighted by Crippen LogP contribution is 2.44. The van der Waals surface area contributed by atoms with Gasteiger partial charge in [0.05, 0.1) is 4.08 Å². The molecule has 0 atom stereocenters. The summed E-state index contributed by atoms with van der Waals surface area (Å²) < 4.78 is 26.1. The maximum absolute atomic E-state index is 13.2. The second-order valence-corrected chi connectivity index (χ2v) is 8.17. The fourth-order valence-corrected chi connectivity index (χ4v) is 4.16. The molecule has 0 aliphatic heterocycles. The molecular weight excluding hydrogens is 282 g/mol. The van der Waals surface area contributed by atoms with Crippen LogP contribution in [-0.2, 0) is 0 Å². The molecule has 0 aliphatic rings. The molecule has 0 aliphatic carbocycles. The summed E-state index contributed by atoms with van der Waals surface area (Å²) in [7, 11) is 0. The van der Waals surface area contributed by atoms with Gasteiger partial charge in [0.25, 0.3) is 0 Å². The van der Waals surface area contributed by atoms with Crippen molar-refractivity contribution in [2.75, 3.05) is 0 Å². The van der Waals surface area contributed by atoms with Crippen LogP contribution in [0.3, 0.4) is 0 Å². The molecule has 0 unspecified atom stereocenters. The van der Waals surface area contributed by atoms with Crippen LogP contribution in [0.4, 0.5) is 8.78 Å². The Morgan fingerprint density at radius 2 is 1.21 bits per heavy atom. The van der Waals surface area contributed by atoms with E-state index in [-0.39, 0.29) is 15.7 Å². The van der Waals surface area contributed by atoms with Crippen LogP contribution >= 0.6 is 23.5 Å².